The highest BCUT2D eigenvalue weighted by Crippen LogP contribution is 2.14. The van der Waals surface area contributed by atoms with Crippen LogP contribution in [-0.4, -0.2) is 6.54 Å². The quantitative estimate of drug-likeness (QED) is 0.812. The summed E-state index contributed by atoms with van der Waals surface area (Å²) in [5.41, 5.74) is 2.38. The zero-order valence-corrected chi connectivity index (χ0v) is 11.0. The van der Waals surface area contributed by atoms with Crippen LogP contribution in [0.15, 0.2) is 24.3 Å². The molecule has 1 aromatic rings. The van der Waals surface area contributed by atoms with Crippen LogP contribution in [-0.2, 0) is 6.42 Å². The lowest BCUT2D eigenvalue weighted by atomic mass is 10.0. The average Bonchev–Trinajstić information content (AvgIpc) is 2.34. The van der Waals surface area contributed by atoms with E-state index >= 15 is 0 Å². The Kier molecular flexibility index (Phi) is 5.72. The summed E-state index contributed by atoms with van der Waals surface area (Å²) in [4.78, 5) is 0. The molecule has 1 N–H and O–H groups in total. The molecular weight excluding hydrogens is 208 g/mol. The van der Waals surface area contributed by atoms with Crippen molar-refractivity contribution in [3.8, 4) is 6.07 Å². The fourth-order valence-corrected chi connectivity index (χ4v) is 1.70. The minimum Gasteiger partial charge on any atom is -0.298 e. The summed E-state index contributed by atoms with van der Waals surface area (Å²) in [6.45, 7) is 7.42. The molecule has 0 amide bonds. The molecule has 2 heteroatoms. The Morgan fingerprint density at radius 1 is 1.24 bits per heavy atom. The Morgan fingerprint density at radius 2 is 1.88 bits per heavy atom. The van der Waals surface area contributed by atoms with Crippen molar-refractivity contribution in [1.29, 1.82) is 5.26 Å². The Balaban J connectivity index is 2.57. The van der Waals surface area contributed by atoms with Crippen molar-refractivity contribution >= 4 is 0 Å². The molecule has 0 fully saturated rings. The van der Waals surface area contributed by atoms with Crippen LogP contribution >= 0.6 is 0 Å². The van der Waals surface area contributed by atoms with Gasteiger partial charge in [-0.1, -0.05) is 45.0 Å². The van der Waals surface area contributed by atoms with Gasteiger partial charge in [0.1, 0.15) is 6.04 Å². The number of nitriles is 1. The maximum absolute atomic E-state index is 9.16. The molecule has 0 saturated carbocycles. The highest BCUT2D eigenvalue weighted by Gasteiger charge is 2.09. The molecule has 0 spiro atoms. The number of nitrogens with one attached hydrogen (secondary N) is 1. The molecule has 92 valence electrons. The van der Waals surface area contributed by atoms with Crippen molar-refractivity contribution in [3.63, 3.8) is 0 Å². The third-order valence-electron chi connectivity index (χ3n) is 2.92. The lowest BCUT2D eigenvalue weighted by Crippen LogP contribution is -2.22. The Bertz CT molecular complexity index is 360. The summed E-state index contributed by atoms with van der Waals surface area (Å²) >= 11 is 0. The Morgan fingerprint density at radius 3 is 2.35 bits per heavy atom. The van der Waals surface area contributed by atoms with Gasteiger partial charge in [-0.25, -0.2) is 0 Å². The predicted molar refractivity (Wildman–Crippen MR) is 71.6 cm³/mol. The van der Waals surface area contributed by atoms with Crippen LogP contribution in [0.3, 0.4) is 0 Å². The molecule has 0 radical (unpaired) electrons. The monoisotopic (exact) mass is 230 g/mol. The van der Waals surface area contributed by atoms with Crippen molar-refractivity contribution < 1.29 is 0 Å². The van der Waals surface area contributed by atoms with Crippen LogP contribution in [0.4, 0.5) is 0 Å². The van der Waals surface area contributed by atoms with Crippen molar-refractivity contribution in [2.75, 3.05) is 6.54 Å². The lowest BCUT2D eigenvalue weighted by Gasteiger charge is -2.13. The summed E-state index contributed by atoms with van der Waals surface area (Å²) in [5.74, 6) is 0.671. The van der Waals surface area contributed by atoms with Crippen molar-refractivity contribution in [3.05, 3.63) is 35.4 Å². The predicted octanol–water partition coefficient (Wildman–Crippen LogP) is 3.45. The Labute approximate surface area is 105 Å². The lowest BCUT2D eigenvalue weighted by molar-refractivity contribution is 0.519. The maximum atomic E-state index is 9.16. The maximum Gasteiger partial charge on any atom is 0.121 e. The second-order valence-electron chi connectivity index (χ2n) is 4.79. The highest BCUT2D eigenvalue weighted by atomic mass is 14.9. The van der Waals surface area contributed by atoms with Crippen LogP contribution in [0.5, 0.6) is 0 Å². The first-order chi connectivity index (χ1) is 8.17. The van der Waals surface area contributed by atoms with E-state index < -0.39 is 0 Å². The van der Waals surface area contributed by atoms with Gasteiger partial charge in [0.25, 0.3) is 0 Å². The average molecular weight is 230 g/mol. The number of hydrogen-bond donors (Lipinski definition) is 1. The molecule has 0 heterocycles. The normalized spacial score (nSPS) is 12.4. The molecule has 0 aliphatic heterocycles. The largest absolute Gasteiger partial charge is 0.298 e. The molecule has 1 aromatic carbocycles. The summed E-state index contributed by atoms with van der Waals surface area (Å²) in [5, 5.41) is 12.5. The van der Waals surface area contributed by atoms with Gasteiger partial charge in [-0.3, -0.25) is 5.32 Å². The molecule has 1 unspecified atom stereocenters. The highest BCUT2D eigenvalue weighted by molar-refractivity contribution is 5.28. The second-order valence-corrected chi connectivity index (χ2v) is 4.79. The first-order valence-electron chi connectivity index (χ1n) is 6.39. The summed E-state index contributed by atoms with van der Waals surface area (Å²) in [7, 11) is 0. The van der Waals surface area contributed by atoms with Gasteiger partial charge >= 0.3 is 0 Å². The van der Waals surface area contributed by atoms with Crippen LogP contribution in [0, 0.1) is 17.2 Å². The van der Waals surface area contributed by atoms with E-state index in [0.29, 0.717) is 5.92 Å². The third-order valence-corrected chi connectivity index (χ3v) is 2.92. The molecule has 1 atom stereocenters. The number of hydrogen-bond acceptors (Lipinski definition) is 2. The topological polar surface area (TPSA) is 35.8 Å². The van der Waals surface area contributed by atoms with E-state index in [9.17, 15) is 0 Å². The van der Waals surface area contributed by atoms with Crippen molar-refractivity contribution in [2.24, 2.45) is 5.92 Å². The zero-order valence-electron chi connectivity index (χ0n) is 11.0. The molecule has 0 saturated heterocycles. The van der Waals surface area contributed by atoms with Crippen molar-refractivity contribution in [2.45, 2.75) is 39.7 Å². The number of nitrogens with zero attached hydrogens (tertiary/aromatic N) is 1. The van der Waals surface area contributed by atoms with E-state index in [-0.39, 0.29) is 6.04 Å². The molecule has 1 rings (SSSR count). The third kappa shape index (κ3) is 4.58. The number of rotatable bonds is 6. The molecule has 0 aromatic heterocycles. The van der Waals surface area contributed by atoms with Gasteiger partial charge in [0.15, 0.2) is 0 Å². The second kappa shape index (κ2) is 7.09. The molecular formula is C15H22N2. The van der Waals surface area contributed by atoms with E-state index in [4.69, 9.17) is 5.26 Å². The van der Waals surface area contributed by atoms with Crippen molar-refractivity contribution in [1.82, 2.24) is 5.32 Å². The number of benzene rings is 1. The van der Waals surface area contributed by atoms with E-state index in [2.05, 4.69) is 56.4 Å². The SMILES string of the molecule is CCc1ccc(C(C#N)NCCC(C)C)cc1. The van der Waals surface area contributed by atoms with Gasteiger partial charge in [0.2, 0.25) is 0 Å². The first-order valence-corrected chi connectivity index (χ1v) is 6.39. The molecule has 0 bridgehead atoms. The summed E-state index contributed by atoms with van der Waals surface area (Å²) in [6, 6.07) is 10.4. The van der Waals surface area contributed by atoms with Gasteiger partial charge in [0.05, 0.1) is 6.07 Å². The molecule has 0 aliphatic rings. The summed E-state index contributed by atoms with van der Waals surface area (Å²) < 4.78 is 0. The number of aryl methyl sites for hydroxylation is 1. The van der Waals surface area contributed by atoms with Gasteiger partial charge in [-0.15, -0.1) is 0 Å². The van der Waals surface area contributed by atoms with Crippen LogP contribution in [0.2, 0.25) is 0 Å². The zero-order chi connectivity index (χ0) is 12.7. The van der Waals surface area contributed by atoms with E-state index in [1.54, 1.807) is 0 Å². The minimum atomic E-state index is -0.181. The van der Waals surface area contributed by atoms with Gasteiger partial charge in [-0.2, -0.15) is 5.26 Å². The van der Waals surface area contributed by atoms with Gasteiger partial charge in [0, 0.05) is 0 Å². The smallest absolute Gasteiger partial charge is 0.121 e. The van der Waals surface area contributed by atoms with Crippen LogP contribution in [0.25, 0.3) is 0 Å². The van der Waals surface area contributed by atoms with E-state index in [0.717, 1.165) is 24.9 Å². The Hall–Kier alpha value is -1.33. The van der Waals surface area contributed by atoms with E-state index in [1.165, 1.54) is 5.56 Å². The molecule has 2 nitrogen and oxygen atoms in total. The first kappa shape index (κ1) is 13.7. The van der Waals surface area contributed by atoms with Gasteiger partial charge in [-0.05, 0) is 36.4 Å². The van der Waals surface area contributed by atoms with Crippen LogP contribution < -0.4 is 5.32 Å². The fourth-order valence-electron chi connectivity index (χ4n) is 1.70. The molecule has 0 aliphatic carbocycles. The summed E-state index contributed by atoms with van der Waals surface area (Å²) in [6.07, 6.45) is 2.14. The van der Waals surface area contributed by atoms with Gasteiger partial charge < -0.3 is 0 Å². The van der Waals surface area contributed by atoms with E-state index in [1.807, 2.05) is 0 Å². The minimum absolute atomic E-state index is 0.181. The molecule has 17 heavy (non-hydrogen) atoms. The van der Waals surface area contributed by atoms with Crippen LogP contribution in [0.1, 0.15) is 44.4 Å². The standard InChI is InChI=1S/C15H22N2/c1-4-13-5-7-14(8-6-13)15(11-16)17-10-9-12(2)3/h5-8,12,15,17H,4,9-10H2,1-3H3. The fraction of sp³-hybridized carbons (Fsp3) is 0.533.